The quantitative estimate of drug-likeness (QED) is 0.200. The summed E-state index contributed by atoms with van der Waals surface area (Å²) in [5, 5.41) is 38.7. The van der Waals surface area contributed by atoms with Crippen LogP contribution in [0, 0.1) is 11.3 Å². The van der Waals surface area contributed by atoms with E-state index in [1.54, 1.807) is 30.4 Å². The first kappa shape index (κ1) is 34.2. The minimum absolute atomic E-state index is 0.0432. The molecule has 2 heterocycles. The van der Waals surface area contributed by atoms with Crippen molar-refractivity contribution >= 4 is 29.3 Å². The number of aliphatic carboxylic acids is 2. The van der Waals surface area contributed by atoms with Gasteiger partial charge in [-0.25, -0.2) is 4.79 Å². The largest absolute Gasteiger partial charge is 0.481 e. The zero-order valence-electron chi connectivity index (χ0n) is 27.6. The Bertz CT molecular complexity index is 1700. The molecule has 2 aliphatic heterocycles. The molecule has 0 aliphatic carbocycles. The molecule has 2 atom stereocenters. The van der Waals surface area contributed by atoms with Gasteiger partial charge in [0.25, 0.3) is 0 Å². The number of nitrogens with zero attached hydrogens (tertiary/aromatic N) is 2. The van der Waals surface area contributed by atoms with Crippen LogP contribution < -0.4 is 9.80 Å². The molecule has 4 N–H and O–H groups in total. The third kappa shape index (κ3) is 6.63. The summed E-state index contributed by atoms with van der Waals surface area (Å²) in [6, 6.07) is 13.3. The lowest BCUT2D eigenvalue weighted by atomic mass is 9.79. The fourth-order valence-corrected chi connectivity index (χ4v) is 6.74. The van der Waals surface area contributed by atoms with E-state index in [-0.39, 0.29) is 36.4 Å². The highest BCUT2D eigenvalue weighted by atomic mass is 16.4. The van der Waals surface area contributed by atoms with Crippen LogP contribution in [0.3, 0.4) is 0 Å². The lowest BCUT2D eigenvalue weighted by Crippen LogP contribution is -3.10. The Hall–Kier alpha value is -4.68. The van der Waals surface area contributed by atoms with Crippen molar-refractivity contribution in [1.29, 1.82) is 5.26 Å². The monoisotopic (exact) mass is 626 g/mol. The van der Waals surface area contributed by atoms with Gasteiger partial charge in [0.2, 0.25) is 0 Å². The molecule has 2 unspecified atom stereocenters. The van der Waals surface area contributed by atoms with Gasteiger partial charge >= 0.3 is 17.9 Å². The molecule has 0 radical (unpaired) electrons. The second-order valence-corrected chi connectivity index (χ2v) is 14.2. The van der Waals surface area contributed by atoms with Gasteiger partial charge in [-0.3, -0.25) is 14.5 Å². The van der Waals surface area contributed by atoms with Crippen molar-refractivity contribution in [3.63, 3.8) is 0 Å². The number of nitriles is 1. The smallest absolute Gasteiger partial charge is 0.335 e. The molecule has 9 heteroatoms. The number of quaternary nitrogens is 1. The van der Waals surface area contributed by atoms with Crippen molar-refractivity contribution in [2.24, 2.45) is 0 Å². The van der Waals surface area contributed by atoms with E-state index >= 15 is 0 Å². The molecule has 0 bridgehead atoms. The molecule has 46 heavy (non-hydrogen) atoms. The fraction of sp³-hybridized carbons (Fsp3) is 0.405. The first-order valence-electron chi connectivity index (χ1n) is 15.5. The van der Waals surface area contributed by atoms with Crippen molar-refractivity contribution < 1.29 is 34.6 Å². The van der Waals surface area contributed by atoms with Crippen LogP contribution in [0.5, 0.6) is 0 Å². The molecule has 2 aromatic carbocycles. The van der Waals surface area contributed by atoms with Crippen molar-refractivity contribution in [3.05, 3.63) is 94.2 Å². The van der Waals surface area contributed by atoms with Gasteiger partial charge in [0.05, 0.1) is 42.0 Å². The minimum Gasteiger partial charge on any atom is -0.481 e. The third-order valence-electron chi connectivity index (χ3n) is 9.39. The number of carboxylic acid groups (broad SMARTS) is 3. The zero-order valence-corrected chi connectivity index (χ0v) is 27.6. The molecule has 9 nitrogen and oxygen atoms in total. The number of carbonyl (C=O) groups is 3. The molecular formula is C37H44N3O6+. The highest BCUT2D eigenvalue weighted by Gasteiger charge is 2.48. The van der Waals surface area contributed by atoms with E-state index in [2.05, 4.69) is 58.9 Å². The molecule has 4 rings (SSSR count). The Morgan fingerprint density at radius 3 is 2.24 bits per heavy atom. The minimum atomic E-state index is -1.03. The highest BCUT2D eigenvalue weighted by Crippen LogP contribution is 2.49. The molecule has 0 saturated carbocycles. The van der Waals surface area contributed by atoms with Crippen LogP contribution >= 0.6 is 0 Å². The standard InChI is InChI=1S/C37H43N3O6/c1-35(2,3)25-11-13-29-27(21-25)37(6,7)31(40(29)19-17-33(43)44)15-9-23(22-38)8-14-30-36(4,5)26-20-24(34(45)46)10-12-28(26)39(30)18-16-32(41)42/h8-15,20-21,30H,16-19H2,1-7H3,(H,41,42)(H,43,44)(H,45,46)/p+1/b14-8+,23-9-,31-15+. The van der Waals surface area contributed by atoms with Gasteiger partial charge in [0.1, 0.15) is 11.7 Å². The first-order valence-corrected chi connectivity index (χ1v) is 15.5. The number of benzene rings is 2. The van der Waals surface area contributed by atoms with Gasteiger partial charge in [0.15, 0.2) is 0 Å². The van der Waals surface area contributed by atoms with Crippen LogP contribution in [-0.2, 0) is 25.8 Å². The van der Waals surface area contributed by atoms with Crippen LogP contribution in [0.1, 0.15) is 88.4 Å². The predicted octanol–water partition coefficient (Wildman–Crippen LogP) is 5.50. The summed E-state index contributed by atoms with van der Waals surface area (Å²) >= 11 is 0. The molecular weight excluding hydrogens is 582 g/mol. The number of aromatic carboxylic acids is 1. The van der Waals surface area contributed by atoms with E-state index in [1.165, 1.54) is 5.56 Å². The van der Waals surface area contributed by atoms with Gasteiger partial charge < -0.3 is 20.2 Å². The molecule has 0 fully saturated rings. The number of hydrogen-bond donors (Lipinski definition) is 4. The third-order valence-corrected chi connectivity index (χ3v) is 9.39. The molecule has 2 aromatic rings. The van der Waals surface area contributed by atoms with Crippen LogP contribution in [0.2, 0.25) is 0 Å². The highest BCUT2D eigenvalue weighted by molar-refractivity contribution is 5.88. The van der Waals surface area contributed by atoms with Gasteiger partial charge in [-0.15, -0.1) is 0 Å². The van der Waals surface area contributed by atoms with E-state index in [9.17, 15) is 35.0 Å². The summed E-state index contributed by atoms with van der Waals surface area (Å²) in [7, 11) is 0. The summed E-state index contributed by atoms with van der Waals surface area (Å²) < 4.78 is 0. The number of allylic oxidation sites excluding steroid dienone is 5. The fourth-order valence-electron chi connectivity index (χ4n) is 6.74. The normalized spacial score (nSPS) is 20.9. The van der Waals surface area contributed by atoms with E-state index in [0.29, 0.717) is 12.1 Å². The average Bonchev–Trinajstić information content (AvgIpc) is 3.31. The van der Waals surface area contributed by atoms with Crippen LogP contribution in [0.25, 0.3) is 0 Å². The number of rotatable bonds is 10. The SMILES string of the molecule is CC(C)(C)c1ccc2c(c1)C(C)(C)\C(=C/C=C(C#N)/C=C/C1[NH+](CCC(=O)O)c3ccc(C(=O)O)cc3C1(C)C)N2CCC(=O)O. The van der Waals surface area contributed by atoms with Crippen LogP contribution in [0.15, 0.2) is 72.0 Å². The summed E-state index contributed by atoms with van der Waals surface area (Å²) in [5.74, 6) is -2.84. The molecule has 2 aliphatic rings. The number of carboxylic acids is 3. The van der Waals surface area contributed by atoms with Crippen molar-refractivity contribution in [3.8, 4) is 6.07 Å². The second kappa shape index (κ2) is 12.6. The maximum absolute atomic E-state index is 11.7. The van der Waals surface area contributed by atoms with Crippen molar-refractivity contribution in [1.82, 2.24) is 0 Å². The lowest BCUT2D eigenvalue weighted by molar-refractivity contribution is -0.849. The van der Waals surface area contributed by atoms with Gasteiger partial charge in [0, 0.05) is 35.0 Å². The lowest BCUT2D eigenvalue weighted by Gasteiger charge is -2.27. The number of anilines is 1. The summed E-state index contributed by atoms with van der Waals surface area (Å²) in [6.07, 6.45) is 7.18. The first-order chi connectivity index (χ1) is 21.4. The topological polar surface area (TPSA) is 143 Å². The van der Waals surface area contributed by atoms with Crippen LogP contribution in [0.4, 0.5) is 11.4 Å². The summed E-state index contributed by atoms with van der Waals surface area (Å²) in [4.78, 5) is 37.7. The second-order valence-electron chi connectivity index (χ2n) is 14.2. The summed E-state index contributed by atoms with van der Waals surface area (Å²) in [6.45, 7) is 15.3. The Balaban J connectivity index is 1.74. The van der Waals surface area contributed by atoms with Gasteiger partial charge in [-0.05, 0) is 72.9 Å². The maximum Gasteiger partial charge on any atom is 0.335 e. The summed E-state index contributed by atoms with van der Waals surface area (Å²) in [5.41, 5.74) is 5.29. The van der Waals surface area contributed by atoms with E-state index < -0.39 is 28.7 Å². The molecule has 0 spiro atoms. The Kier molecular flexibility index (Phi) is 9.37. The van der Waals surface area contributed by atoms with Gasteiger partial charge in [-0.2, -0.15) is 5.26 Å². The number of hydrogen-bond acceptors (Lipinski definition) is 5. The Morgan fingerprint density at radius 1 is 0.978 bits per heavy atom. The molecule has 242 valence electrons. The van der Waals surface area contributed by atoms with Gasteiger partial charge in [-0.1, -0.05) is 46.8 Å². The molecule has 0 amide bonds. The molecule has 0 aromatic heterocycles. The number of nitrogens with one attached hydrogen (secondary N) is 1. The van der Waals surface area contributed by atoms with E-state index in [1.807, 2.05) is 30.9 Å². The molecule has 0 saturated heterocycles. The zero-order chi connectivity index (χ0) is 34.2. The van der Waals surface area contributed by atoms with Crippen LogP contribution in [-0.4, -0.2) is 52.4 Å². The van der Waals surface area contributed by atoms with E-state index in [0.717, 1.165) is 33.1 Å². The average molecular weight is 627 g/mol. The Morgan fingerprint density at radius 2 is 1.65 bits per heavy atom. The Labute approximate surface area is 270 Å². The van der Waals surface area contributed by atoms with E-state index in [4.69, 9.17) is 0 Å². The maximum atomic E-state index is 11.7. The predicted molar refractivity (Wildman–Crippen MR) is 177 cm³/mol. The van der Waals surface area contributed by atoms with Crippen molar-refractivity contribution in [2.45, 2.75) is 83.6 Å². The number of fused-ring (bicyclic) bond motifs is 2. The van der Waals surface area contributed by atoms with Crippen molar-refractivity contribution in [2.75, 3.05) is 18.0 Å².